The van der Waals surface area contributed by atoms with Gasteiger partial charge in [0.25, 0.3) is 5.91 Å². The van der Waals surface area contributed by atoms with Crippen molar-refractivity contribution in [3.63, 3.8) is 0 Å². The van der Waals surface area contributed by atoms with E-state index in [4.69, 9.17) is 14.2 Å². The van der Waals surface area contributed by atoms with Gasteiger partial charge in [-0.3, -0.25) is 4.79 Å². The van der Waals surface area contributed by atoms with Crippen LogP contribution in [0.15, 0.2) is 48.5 Å². The molecule has 1 saturated heterocycles. The third-order valence-electron chi connectivity index (χ3n) is 6.78. The molecule has 0 saturated carbocycles. The molecule has 0 bridgehead atoms. The zero-order chi connectivity index (χ0) is 23.0. The molecule has 33 heavy (non-hydrogen) atoms. The summed E-state index contributed by atoms with van der Waals surface area (Å²) >= 11 is 0. The lowest BCUT2D eigenvalue weighted by atomic mass is 9.74. The molecule has 0 unspecified atom stereocenters. The first kappa shape index (κ1) is 21.5. The number of fused-ring (bicyclic) bond motifs is 1. The van der Waals surface area contributed by atoms with Gasteiger partial charge >= 0.3 is 0 Å². The van der Waals surface area contributed by atoms with Gasteiger partial charge in [-0.25, -0.2) is 4.39 Å². The summed E-state index contributed by atoms with van der Waals surface area (Å²) in [5.41, 5.74) is 4.06. The highest BCUT2D eigenvalue weighted by Crippen LogP contribution is 2.40. The molecule has 0 spiro atoms. The van der Waals surface area contributed by atoms with Crippen molar-refractivity contribution < 1.29 is 23.4 Å². The van der Waals surface area contributed by atoms with Crippen LogP contribution in [-0.2, 0) is 10.2 Å². The number of amides is 1. The van der Waals surface area contributed by atoms with Crippen LogP contribution in [0, 0.1) is 19.7 Å². The Morgan fingerprint density at radius 3 is 2.52 bits per heavy atom. The lowest BCUT2D eigenvalue weighted by molar-refractivity contribution is 0.0486. The summed E-state index contributed by atoms with van der Waals surface area (Å²) in [6, 6.07) is 14.2. The second-order valence-electron chi connectivity index (χ2n) is 8.74. The van der Waals surface area contributed by atoms with E-state index in [1.54, 1.807) is 12.1 Å². The topological polar surface area (TPSA) is 61.7 Å². The summed E-state index contributed by atoms with van der Waals surface area (Å²) in [4.78, 5) is 13.3. The van der Waals surface area contributed by atoms with Gasteiger partial charge in [0.05, 0.1) is 5.56 Å². The minimum absolute atomic E-state index is 0.122. The Balaban J connectivity index is 1.39. The fourth-order valence-corrected chi connectivity index (χ4v) is 4.88. The zero-order valence-corrected chi connectivity index (χ0v) is 18.8. The molecule has 2 aromatic carbocycles. The van der Waals surface area contributed by atoms with E-state index in [9.17, 15) is 9.18 Å². The van der Waals surface area contributed by atoms with Crippen LogP contribution < -0.4 is 14.8 Å². The Labute approximate surface area is 192 Å². The van der Waals surface area contributed by atoms with Crippen molar-refractivity contribution in [3.8, 4) is 17.2 Å². The molecule has 172 valence electrons. The Morgan fingerprint density at radius 2 is 1.76 bits per heavy atom. The van der Waals surface area contributed by atoms with Crippen molar-refractivity contribution in [2.75, 3.05) is 26.6 Å². The minimum atomic E-state index is -0.288. The number of hydrogen-bond donors (Lipinski definition) is 1. The van der Waals surface area contributed by atoms with Crippen LogP contribution >= 0.6 is 0 Å². The predicted molar refractivity (Wildman–Crippen MR) is 122 cm³/mol. The summed E-state index contributed by atoms with van der Waals surface area (Å²) in [6.07, 6.45) is 1.61. The number of benzene rings is 2. The molecule has 0 radical (unpaired) electrons. The van der Waals surface area contributed by atoms with Gasteiger partial charge < -0.3 is 24.1 Å². The standard InChI is InChI=1S/C26H27FN2O4/c1-17-13-22(18(2)29(17)21-6-4-20(27)5-7-21)25(30)28-15-26(9-11-31-12-10-26)19-3-8-23-24(14-19)33-16-32-23/h3-8,13-14H,9-12,15-16H2,1-2H3,(H,28,30). The number of rotatable bonds is 5. The SMILES string of the molecule is Cc1cc(C(=O)NCC2(c3ccc4c(c3)OCO4)CCOCC2)c(C)n1-c1ccc(F)cc1. The van der Waals surface area contributed by atoms with E-state index >= 15 is 0 Å². The van der Waals surface area contributed by atoms with E-state index in [2.05, 4.69) is 11.4 Å². The number of carbonyl (C=O) groups excluding carboxylic acids is 1. The summed E-state index contributed by atoms with van der Waals surface area (Å²) in [5, 5.41) is 3.18. The van der Waals surface area contributed by atoms with Crippen molar-refractivity contribution in [1.29, 1.82) is 0 Å². The third kappa shape index (κ3) is 3.97. The molecule has 3 aromatic rings. The highest BCUT2D eigenvalue weighted by molar-refractivity contribution is 5.96. The highest BCUT2D eigenvalue weighted by atomic mass is 19.1. The predicted octanol–water partition coefficient (Wildman–Crippen LogP) is 4.44. The van der Waals surface area contributed by atoms with Crippen LogP contribution in [0.2, 0.25) is 0 Å². The molecule has 5 rings (SSSR count). The summed E-state index contributed by atoms with van der Waals surface area (Å²) in [5.74, 6) is 1.08. The Morgan fingerprint density at radius 1 is 1.03 bits per heavy atom. The second-order valence-corrected chi connectivity index (χ2v) is 8.74. The number of hydrogen-bond acceptors (Lipinski definition) is 4. The Kier molecular flexibility index (Phi) is 5.58. The number of carbonyl (C=O) groups is 1. The van der Waals surface area contributed by atoms with Crippen molar-refractivity contribution in [3.05, 3.63) is 76.9 Å². The molecule has 6 nitrogen and oxygen atoms in total. The molecule has 2 aliphatic rings. The van der Waals surface area contributed by atoms with E-state index in [-0.39, 0.29) is 23.9 Å². The quantitative estimate of drug-likeness (QED) is 0.624. The molecule has 1 fully saturated rings. The van der Waals surface area contributed by atoms with Crippen LogP contribution in [0.25, 0.3) is 5.69 Å². The van der Waals surface area contributed by atoms with Gasteiger partial charge in [-0.2, -0.15) is 0 Å². The maximum Gasteiger partial charge on any atom is 0.253 e. The minimum Gasteiger partial charge on any atom is -0.454 e. The van der Waals surface area contributed by atoms with E-state index < -0.39 is 0 Å². The lowest BCUT2D eigenvalue weighted by Crippen LogP contribution is -2.44. The van der Waals surface area contributed by atoms with Gasteiger partial charge in [0.2, 0.25) is 6.79 Å². The fraction of sp³-hybridized carbons (Fsp3) is 0.346. The van der Waals surface area contributed by atoms with Crippen LogP contribution in [0.4, 0.5) is 4.39 Å². The van der Waals surface area contributed by atoms with Gasteiger partial charge in [-0.1, -0.05) is 6.07 Å². The molecular formula is C26H27FN2O4. The van der Waals surface area contributed by atoms with Gasteiger partial charge in [0.1, 0.15) is 5.82 Å². The number of ether oxygens (including phenoxy) is 3. The number of aromatic nitrogens is 1. The van der Waals surface area contributed by atoms with Crippen molar-refractivity contribution in [2.45, 2.75) is 32.1 Å². The number of nitrogens with zero attached hydrogens (tertiary/aromatic N) is 1. The molecule has 1 aromatic heterocycles. The average Bonchev–Trinajstić information content (AvgIpc) is 3.42. The normalized spacial score (nSPS) is 16.6. The monoisotopic (exact) mass is 450 g/mol. The van der Waals surface area contributed by atoms with Crippen molar-refractivity contribution in [2.24, 2.45) is 0 Å². The second kappa shape index (κ2) is 8.56. The molecule has 0 atom stereocenters. The van der Waals surface area contributed by atoms with E-state index in [0.29, 0.717) is 25.3 Å². The Bertz CT molecular complexity index is 1180. The van der Waals surface area contributed by atoms with Gasteiger partial charge in [0.15, 0.2) is 11.5 Å². The van der Waals surface area contributed by atoms with Crippen LogP contribution in [-0.4, -0.2) is 37.0 Å². The third-order valence-corrected chi connectivity index (χ3v) is 6.78. The molecule has 1 amide bonds. The highest BCUT2D eigenvalue weighted by Gasteiger charge is 2.36. The first-order chi connectivity index (χ1) is 16.0. The largest absolute Gasteiger partial charge is 0.454 e. The first-order valence-electron chi connectivity index (χ1n) is 11.2. The summed E-state index contributed by atoms with van der Waals surface area (Å²) < 4.78 is 32.0. The van der Waals surface area contributed by atoms with E-state index in [1.165, 1.54) is 12.1 Å². The maximum atomic E-state index is 13.4. The van der Waals surface area contributed by atoms with Crippen molar-refractivity contribution in [1.82, 2.24) is 9.88 Å². The fourth-order valence-electron chi connectivity index (χ4n) is 4.88. The zero-order valence-electron chi connectivity index (χ0n) is 18.8. The maximum absolute atomic E-state index is 13.4. The molecule has 2 aliphatic heterocycles. The van der Waals surface area contributed by atoms with Gasteiger partial charge in [-0.05, 0) is 74.7 Å². The van der Waals surface area contributed by atoms with E-state index in [1.807, 2.05) is 36.6 Å². The summed E-state index contributed by atoms with van der Waals surface area (Å²) in [7, 11) is 0. The Hall–Kier alpha value is -3.32. The molecule has 1 N–H and O–H groups in total. The lowest BCUT2D eigenvalue weighted by Gasteiger charge is -2.38. The van der Waals surface area contributed by atoms with E-state index in [0.717, 1.165) is 47.0 Å². The number of aryl methyl sites for hydroxylation is 1. The molecular weight excluding hydrogens is 423 g/mol. The van der Waals surface area contributed by atoms with Gasteiger partial charge in [0, 0.05) is 42.2 Å². The van der Waals surface area contributed by atoms with Crippen molar-refractivity contribution >= 4 is 5.91 Å². The molecule has 7 heteroatoms. The number of nitrogens with one attached hydrogen (secondary N) is 1. The van der Waals surface area contributed by atoms with Crippen LogP contribution in [0.3, 0.4) is 0 Å². The smallest absolute Gasteiger partial charge is 0.253 e. The molecule has 0 aliphatic carbocycles. The summed E-state index contributed by atoms with van der Waals surface area (Å²) in [6.45, 7) is 5.87. The first-order valence-corrected chi connectivity index (χ1v) is 11.2. The van der Waals surface area contributed by atoms with Crippen LogP contribution in [0.5, 0.6) is 11.5 Å². The average molecular weight is 451 g/mol. The molecule has 3 heterocycles. The number of halogens is 1. The van der Waals surface area contributed by atoms with Crippen LogP contribution in [0.1, 0.15) is 40.2 Å². The van der Waals surface area contributed by atoms with Gasteiger partial charge in [-0.15, -0.1) is 0 Å².